The molecule has 1 fully saturated rings. The van der Waals surface area contributed by atoms with Gasteiger partial charge < -0.3 is 9.64 Å². The van der Waals surface area contributed by atoms with Crippen molar-refractivity contribution in [3.8, 4) is 0 Å². The maximum Gasteiger partial charge on any atom is 0.265 e. The summed E-state index contributed by atoms with van der Waals surface area (Å²) in [5.41, 5.74) is 0.409. The molecule has 0 aliphatic carbocycles. The van der Waals surface area contributed by atoms with Gasteiger partial charge in [-0.1, -0.05) is 23.2 Å². The van der Waals surface area contributed by atoms with Gasteiger partial charge in [0.1, 0.15) is 4.90 Å². The first-order chi connectivity index (χ1) is 12.8. The first-order valence-corrected chi connectivity index (χ1v) is 10.9. The van der Waals surface area contributed by atoms with E-state index in [9.17, 15) is 13.2 Å². The lowest BCUT2D eigenvalue weighted by Gasteiger charge is -2.26. The molecule has 2 aromatic rings. The quantitative estimate of drug-likeness (QED) is 0.749. The smallest absolute Gasteiger partial charge is 0.265 e. The molecule has 12 heteroatoms. The molecule has 8 nitrogen and oxygen atoms in total. The number of amides is 1. The van der Waals surface area contributed by atoms with Gasteiger partial charge >= 0.3 is 0 Å². The largest absolute Gasteiger partial charge is 0.378 e. The van der Waals surface area contributed by atoms with Crippen molar-refractivity contribution < 1.29 is 17.9 Å². The summed E-state index contributed by atoms with van der Waals surface area (Å²) in [5, 5.41) is 0.418. The van der Waals surface area contributed by atoms with Crippen LogP contribution >= 0.6 is 34.7 Å². The van der Waals surface area contributed by atoms with Crippen molar-refractivity contribution in [1.29, 1.82) is 0 Å². The van der Waals surface area contributed by atoms with Crippen molar-refractivity contribution in [3.63, 3.8) is 0 Å². The molecule has 1 amide bonds. The van der Waals surface area contributed by atoms with Crippen LogP contribution in [0.2, 0.25) is 10.0 Å². The first-order valence-electron chi connectivity index (χ1n) is 7.93. The van der Waals surface area contributed by atoms with Gasteiger partial charge in [0.2, 0.25) is 11.0 Å². The summed E-state index contributed by atoms with van der Waals surface area (Å²) in [5.74, 6) is 0.134. The van der Waals surface area contributed by atoms with Crippen LogP contribution in [0.5, 0.6) is 0 Å². The molecule has 27 heavy (non-hydrogen) atoms. The number of aryl methyl sites for hydroxylation is 1. The zero-order valence-corrected chi connectivity index (χ0v) is 17.4. The SMILES string of the molecule is Cc1cc(Cl)cc(Cl)c1S(=O)(=O)Nc1nc(CC(=O)N2CCOCC2)ns1. The third-order valence-corrected chi connectivity index (χ3v) is 6.79. The Hall–Kier alpha value is -1.46. The number of nitrogens with zero attached hydrogens (tertiary/aromatic N) is 3. The molecular weight excluding hydrogens is 435 g/mol. The van der Waals surface area contributed by atoms with Crippen molar-refractivity contribution in [1.82, 2.24) is 14.3 Å². The fraction of sp³-hybridized carbons (Fsp3) is 0.400. The third-order valence-electron chi connectivity index (χ3n) is 3.83. The number of nitrogens with one attached hydrogen (secondary N) is 1. The van der Waals surface area contributed by atoms with Crippen LogP contribution in [0.15, 0.2) is 17.0 Å². The summed E-state index contributed by atoms with van der Waals surface area (Å²) in [6, 6.07) is 2.87. The molecule has 0 atom stereocenters. The highest BCUT2D eigenvalue weighted by Gasteiger charge is 2.24. The molecule has 0 spiro atoms. The minimum atomic E-state index is -3.97. The monoisotopic (exact) mass is 450 g/mol. The summed E-state index contributed by atoms with van der Waals surface area (Å²) < 4.78 is 36.9. The summed E-state index contributed by atoms with van der Waals surface area (Å²) in [7, 11) is -3.97. The lowest BCUT2D eigenvalue weighted by Crippen LogP contribution is -2.41. The van der Waals surface area contributed by atoms with E-state index in [1.54, 1.807) is 11.8 Å². The molecule has 0 saturated carbocycles. The van der Waals surface area contributed by atoms with Gasteiger partial charge in [-0.25, -0.2) is 13.4 Å². The molecular formula is C15H16Cl2N4O4S2. The minimum Gasteiger partial charge on any atom is -0.378 e. The second-order valence-corrected chi connectivity index (χ2v) is 9.04. The van der Waals surface area contributed by atoms with Crippen LogP contribution in [-0.4, -0.2) is 54.9 Å². The lowest BCUT2D eigenvalue weighted by atomic mass is 10.2. The lowest BCUT2D eigenvalue weighted by molar-refractivity contribution is -0.134. The zero-order chi connectivity index (χ0) is 19.6. The zero-order valence-electron chi connectivity index (χ0n) is 14.2. The average molecular weight is 451 g/mol. The molecule has 1 aliphatic rings. The molecule has 1 N–H and O–H groups in total. The highest BCUT2D eigenvalue weighted by Crippen LogP contribution is 2.30. The van der Waals surface area contributed by atoms with E-state index < -0.39 is 10.0 Å². The van der Waals surface area contributed by atoms with Crippen LogP contribution in [0.4, 0.5) is 5.13 Å². The van der Waals surface area contributed by atoms with Crippen molar-refractivity contribution in [3.05, 3.63) is 33.6 Å². The van der Waals surface area contributed by atoms with Gasteiger partial charge in [0.05, 0.1) is 24.7 Å². The predicted octanol–water partition coefficient (Wildman–Crippen LogP) is 2.36. The highest BCUT2D eigenvalue weighted by molar-refractivity contribution is 7.93. The Labute approximate surface area is 170 Å². The van der Waals surface area contributed by atoms with Gasteiger partial charge in [0, 0.05) is 29.6 Å². The normalized spacial score (nSPS) is 15.0. The van der Waals surface area contributed by atoms with Crippen molar-refractivity contribution >= 4 is 55.8 Å². The van der Waals surface area contributed by atoms with Gasteiger partial charge in [0.25, 0.3) is 10.0 Å². The maximum atomic E-state index is 12.6. The molecule has 0 bridgehead atoms. The topological polar surface area (TPSA) is 101 Å². The van der Waals surface area contributed by atoms with Gasteiger partial charge in [-0.05, 0) is 24.6 Å². The second-order valence-electron chi connectivity index (χ2n) is 5.82. The van der Waals surface area contributed by atoms with E-state index in [4.69, 9.17) is 27.9 Å². The van der Waals surface area contributed by atoms with E-state index >= 15 is 0 Å². The van der Waals surface area contributed by atoms with E-state index in [2.05, 4.69) is 14.1 Å². The van der Waals surface area contributed by atoms with Gasteiger partial charge in [-0.3, -0.25) is 9.52 Å². The Kier molecular flexibility index (Phi) is 6.21. The van der Waals surface area contributed by atoms with E-state index in [1.807, 2.05) is 0 Å². The first kappa shape index (κ1) is 20.3. The van der Waals surface area contributed by atoms with Gasteiger partial charge in [-0.2, -0.15) is 4.37 Å². The van der Waals surface area contributed by atoms with Crippen LogP contribution in [0.25, 0.3) is 0 Å². The Morgan fingerprint density at radius 2 is 2.04 bits per heavy atom. The number of carbonyl (C=O) groups excluding carboxylic acids is 1. The standard InChI is InChI=1S/C15H16Cl2N4O4S2/c1-9-6-10(16)7-11(17)14(9)27(23,24)20-15-18-12(19-26-15)8-13(22)21-2-4-25-5-3-21/h6-7H,2-5,8H2,1H3,(H,18,19,20). The molecule has 1 aliphatic heterocycles. The number of benzene rings is 1. The number of anilines is 1. The summed E-state index contributed by atoms with van der Waals surface area (Å²) in [6.45, 7) is 3.65. The maximum absolute atomic E-state index is 12.6. The molecule has 2 heterocycles. The number of hydrogen-bond donors (Lipinski definition) is 1. The Morgan fingerprint density at radius 3 is 2.70 bits per heavy atom. The summed E-state index contributed by atoms with van der Waals surface area (Å²) in [4.78, 5) is 17.9. The number of carbonyl (C=O) groups is 1. The fourth-order valence-corrected chi connectivity index (χ4v) is 5.62. The second kappa shape index (κ2) is 8.27. The number of ether oxygens (including phenoxy) is 1. The molecule has 1 aromatic carbocycles. The average Bonchev–Trinajstić information content (AvgIpc) is 3.00. The molecule has 3 rings (SSSR count). The van der Waals surface area contributed by atoms with E-state index in [-0.39, 0.29) is 33.2 Å². The number of halogens is 2. The number of morpholine rings is 1. The molecule has 1 saturated heterocycles. The Morgan fingerprint density at radius 1 is 1.33 bits per heavy atom. The number of hydrogen-bond acceptors (Lipinski definition) is 7. The van der Waals surface area contributed by atoms with E-state index in [0.717, 1.165) is 11.5 Å². The van der Waals surface area contributed by atoms with Crippen LogP contribution in [0, 0.1) is 6.92 Å². The van der Waals surface area contributed by atoms with Gasteiger partial charge in [-0.15, -0.1) is 0 Å². The molecule has 0 radical (unpaired) electrons. The predicted molar refractivity (Wildman–Crippen MR) is 103 cm³/mol. The van der Waals surface area contributed by atoms with Crippen LogP contribution in [0.1, 0.15) is 11.4 Å². The summed E-state index contributed by atoms with van der Waals surface area (Å²) >= 11 is 12.8. The highest BCUT2D eigenvalue weighted by atomic mass is 35.5. The van der Waals surface area contributed by atoms with Crippen LogP contribution < -0.4 is 4.72 Å². The van der Waals surface area contributed by atoms with Crippen molar-refractivity contribution in [2.75, 3.05) is 31.0 Å². The number of aromatic nitrogens is 2. The van der Waals surface area contributed by atoms with E-state index in [1.165, 1.54) is 12.1 Å². The number of rotatable bonds is 5. The number of sulfonamides is 1. The van der Waals surface area contributed by atoms with Crippen molar-refractivity contribution in [2.24, 2.45) is 0 Å². The summed E-state index contributed by atoms with van der Waals surface area (Å²) in [6.07, 6.45) is -0.00104. The van der Waals surface area contributed by atoms with Crippen molar-refractivity contribution in [2.45, 2.75) is 18.2 Å². The minimum absolute atomic E-state index is 0.00104. The van der Waals surface area contributed by atoms with Crippen LogP contribution in [0.3, 0.4) is 0 Å². The van der Waals surface area contributed by atoms with E-state index in [0.29, 0.717) is 36.9 Å². The fourth-order valence-electron chi connectivity index (χ4n) is 2.62. The Balaban J connectivity index is 1.72. The molecule has 0 unspecified atom stereocenters. The molecule has 146 valence electrons. The molecule has 1 aromatic heterocycles. The third kappa shape index (κ3) is 4.88. The van der Waals surface area contributed by atoms with Crippen LogP contribution in [-0.2, 0) is 26.0 Å². The Bertz CT molecular complexity index is 935. The van der Waals surface area contributed by atoms with Gasteiger partial charge in [0.15, 0.2) is 5.82 Å².